The van der Waals surface area contributed by atoms with Gasteiger partial charge in [-0.05, 0) is 39.3 Å². The van der Waals surface area contributed by atoms with Crippen LogP contribution in [0.3, 0.4) is 0 Å². The summed E-state index contributed by atoms with van der Waals surface area (Å²) in [7, 11) is 1.87. The first-order valence-corrected chi connectivity index (χ1v) is 6.58. The van der Waals surface area contributed by atoms with Crippen LogP contribution in [-0.4, -0.2) is 22.9 Å². The number of nitrogens with one attached hydrogen (secondary N) is 1. The van der Waals surface area contributed by atoms with E-state index in [9.17, 15) is 0 Å². The smallest absolute Gasteiger partial charge is 0.130 e. The average molecular weight is 256 g/mol. The number of rotatable bonds is 7. The van der Waals surface area contributed by atoms with E-state index in [4.69, 9.17) is 11.6 Å². The maximum atomic E-state index is 6.15. The topological polar surface area (TPSA) is 29.9 Å². The highest BCUT2D eigenvalue weighted by molar-refractivity contribution is 6.30. The molecule has 96 valence electrons. The fourth-order valence-corrected chi connectivity index (χ4v) is 1.96. The Kier molecular flexibility index (Phi) is 6.30. The van der Waals surface area contributed by atoms with Gasteiger partial charge in [0.15, 0.2) is 0 Å². The molecule has 0 aliphatic carbocycles. The van der Waals surface area contributed by atoms with Crippen molar-refractivity contribution >= 4 is 11.6 Å². The number of hydrogen-bond acceptors (Lipinski definition) is 2. The van der Waals surface area contributed by atoms with E-state index in [0.29, 0.717) is 0 Å². The highest BCUT2D eigenvalue weighted by Crippen LogP contribution is 2.19. The van der Waals surface area contributed by atoms with Crippen LogP contribution in [0.2, 0.25) is 5.15 Å². The molecule has 1 aromatic heterocycles. The molecule has 1 rings (SSSR count). The summed E-state index contributed by atoms with van der Waals surface area (Å²) < 4.78 is 1.73. The van der Waals surface area contributed by atoms with Crippen LogP contribution in [0.5, 0.6) is 0 Å². The number of nitrogens with zero attached hydrogens (tertiary/aromatic N) is 2. The largest absolute Gasteiger partial charge is 0.316 e. The Morgan fingerprint density at radius 2 is 2.12 bits per heavy atom. The molecule has 4 heteroatoms. The molecule has 3 nitrogen and oxygen atoms in total. The molecule has 0 saturated heterocycles. The van der Waals surface area contributed by atoms with E-state index >= 15 is 0 Å². The second kappa shape index (κ2) is 7.51. The van der Waals surface area contributed by atoms with Crippen molar-refractivity contribution in [2.45, 2.75) is 33.1 Å². The van der Waals surface area contributed by atoms with Crippen molar-refractivity contribution in [3.05, 3.63) is 28.6 Å². The lowest BCUT2D eigenvalue weighted by Gasteiger charge is -1.98. The van der Waals surface area contributed by atoms with Gasteiger partial charge in [0, 0.05) is 12.6 Å². The summed E-state index contributed by atoms with van der Waals surface area (Å²) in [4.78, 5) is 0. The monoisotopic (exact) mass is 255 g/mol. The summed E-state index contributed by atoms with van der Waals surface area (Å²) in [5.41, 5.74) is 2.15. The molecule has 0 saturated carbocycles. The van der Waals surface area contributed by atoms with Crippen LogP contribution >= 0.6 is 11.6 Å². The maximum Gasteiger partial charge on any atom is 0.130 e. The lowest BCUT2D eigenvalue weighted by atomic mass is 10.2. The first-order chi connectivity index (χ1) is 8.16. The quantitative estimate of drug-likeness (QED) is 0.600. The van der Waals surface area contributed by atoms with Gasteiger partial charge in [-0.1, -0.05) is 30.7 Å². The molecule has 0 aromatic carbocycles. The first kappa shape index (κ1) is 14.3. The zero-order valence-electron chi connectivity index (χ0n) is 11.0. The number of hydrogen-bond donors (Lipinski definition) is 1. The van der Waals surface area contributed by atoms with Crippen LogP contribution in [0.25, 0.3) is 0 Å². The van der Waals surface area contributed by atoms with Gasteiger partial charge in [-0.25, -0.2) is 0 Å². The summed E-state index contributed by atoms with van der Waals surface area (Å²) in [5.74, 6) is 0. The van der Waals surface area contributed by atoms with Crippen molar-refractivity contribution in [3.8, 4) is 0 Å². The molecule has 0 radical (unpaired) electrons. The summed E-state index contributed by atoms with van der Waals surface area (Å²) in [6.07, 6.45) is 7.49. The summed E-state index contributed by atoms with van der Waals surface area (Å²) >= 11 is 6.15. The van der Waals surface area contributed by atoms with Crippen LogP contribution in [0.1, 0.15) is 31.0 Å². The minimum Gasteiger partial charge on any atom is -0.316 e. The van der Waals surface area contributed by atoms with Gasteiger partial charge in [-0.3, -0.25) is 4.68 Å². The van der Waals surface area contributed by atoms with E-state index in [1.807, 2.05) is 14.0 Å². The highest BCUT2D eigenvalue weighted by atomic mass is 35.5. The second-order valence-corrected chi connectivity index (χ2v) is 4.55. The van der Waals surface area contributed by atoms with Gasteiger partial charge < -0.3 is 5.32 Å². The minimum absolute atomic E-state index is 0.747. The Bertz CT molecular complexity index is 369. The Hall–Kier alpha value is -0.800. The molecule has 0 amide bonds. The molecule has 0 bridgehead atoms. The third kappa shape index (κ3) is 4.52. The Morgan fingerprint density at radius 3 is 2.71 bits per heavy atom. The normalized spacial score (nSPS) is 11.5. The average Bonchev–Trinajstić information content (AvgIpc) is 2.54. The van der Waals surface area contributed by atoms with Crippen molar-refractivity contribution in [3.63, 3.8) is 0 Å². The van der Waals surface area contributed by atoms with Crippen LogP contribution in [0.4, 0.5) is 0 Å². The van der Waals surface area contributed by atoms with Crippen molar-refractivity contribution in [2.75, 3.05) is 13.1 Å². The van der Waals surface area contributed by atoms with E-state index < -0.39 is 0 Å². The third-order valence-electron chi connectivity index (χ3n) is 2.67. The van der Waals surface area contributed by atoms with Crippen LogP contribution in [0.15, 0.2) is 12.2 Å². The molecule has 17 heavy (non-hydrogen) atoms. The maximum absolute atomic E-state index is 6.15. The van der Waals surface area contributed by atoms with Crippen molar-refractivity contribution in [1.29, 1.82) is 0 Å². The first-order valence-electron chi connectivity index (χ1n) is 6.20. The van der Waals surface area contributed by atoms with Crippen molar-refractivity contribution in [2.24, 2.45) is 7.05 Å². The summed E-state index contributed by atoms with van der Waals surface area (Å²) in [6.45, 7) is 6.32. The molecule has 0 atom stereocenters. The Balaban J connectivity index is 2.32. The Morgan fingerprint density at radius 1 is 1.35 bits per heavy atom. The van der Waals surface area contributed by atoms with Gasteiger partial charge in [0.25, 0.3) is 0 Å². The number of aromatic nitrogens is 2. The van der Waals surface area contributed by atoms with Gasteiger partial charge in [0.05, 0.1) is 5.69 Å². The molecule has 1 N–H and O–H groups in total. The molecule has 0 aliphatic rings. The van der Waals surface area contributed by atoms with Crippen LogP contribution < -0.4 is 5.32 Å². The van der Waals surface area contributed by atoms with Crippen LogP contribution in [-0.2, 0) is 13.5 Å². The van der Waals surface area contributed by atoms with Gasteiger partial charge in [-0.2, -0.15) is 5.10 Å². The lowest BCUT2D eigenvalue weighted by Crippen LogP contribution is -2.14. The zero-order valence-corrected chi connectivity index (χ0v) is 11.7. The Labute approximate surface area is 109 Å². The van der Waals surface area contributed by atoms with Gasteiger partial charge in [0.2, 0.25) is 0 Å². The van der Waals surface area contributed by atoms with Crippen molar-refractivity contribution < 1.29 is 0 Å². The fourth-order valence-electron chi connectivity index (χ4n) is 1.71. The van der Waals surface area contributed by atoms with E-state index in [-0.39, 0.29) is 0 Å². The summed E-state index contributed by atoms with van der Waals surface area (Å²) in [5, 5.41) is 8.40. The molecule has 1 heterocycles. The highest BCUT2D eigenvalue weighted by Gasteiger charge is 2.08. The predicted molar refractivity (Wildman–Crippen MR) is 73.6 cm³/mol. The van der Waals surface area contributed by atoms with Crippen LogP contribution in [0, 0.1) is 6.92 Å². The SMILES string of the molecule is CCCNCC/C=C/Cc1c(C)nn(C)c1Cl. The molecule has 0 spiro atoms. The number of aryl methyl sites for hydroxylation is 2. The van der Waals surface area contributed by atoms with E-state index in [0.717, 1.165) is 42.3 Å². The lowest BCUT2D eigenvalue weighted by molar-refractivity contribution is 0.678. The van der Waals surface area contributed by atoms with Crippen molar-refractivity contribution in [1.82, 2.24) is 15.1 Å². The number of halogens is 1. The molecule has 0 unspecified atom stereocenters. The minimum atomic E-state index is 0.747. The van der Waals surface area contributed by atoms with Gasteiger partial charge in [-0.15, -0.1) is 0 Å². The second-order valence-electron chi connectivity index (χ2n) is 4.19. The zero-order chi connectivity index (χ0) is 12.7. The van der Waals surface area contributed by atoms with E-state index in [1.165, 1.54) is 6.42 Å². The molecular weight excluding hydrogens is 234 g/mol. The fraction of sp³-hybridized carbons (Fsp3) is 0.615. The third-order valence-corrected chi connectivity index (χ3v) is 3.15. The molecular formula is C13H22ClN3. The van der Waals surface area contributed by atoms with Gasteiger partial charge in [0.1, 0.15) is 5.15 Å². The van der Waals surface area contributed by atoms with E-state index in [1.54, 1.807) is 4.68 Å². The number of allylic oxidation sites excluding steroid dienone is 1. The van der Waals surface area contributed by atoms with E-state index in [2.05, 4.69) is 29.5 Å². The standard InChI is InChI=1S/C13H22ClN3/c1-4-9-15-10-7-5-6-8-12-11(2)16-17(3)13(12)14/h5-6,15H,4,7-10H2,1-3H3/b6-5+. The molecule has 0 fully saturated rings. The van der Waals surface area contributed by atoms with Gasteiger partial charge >= 0.3 is 0 Å². The summed E-state index contributed by atoms with van der Waals surface area (Å²) in [6, 6.07) is 0. The molecule has 1 aromatic rings. The predicted octanol–water partition coefficient (Wildman–Crippen LogP) is 2.87. The molecule has 0 aliphatic heterocycles.